The van der Waals surface area contributed by atoms with E-state index in [1.54, 1.807) is 26.0 Å². The zero-order valence-corrected chi connectivity index (χ0v) is 18.8. The molecule has 2 rings (SSSR count). The van der Waals surface area contributed by atoms with Gasteiger partial charge < -0.3 is 20.2 Å². The molecule has 0 aromatic carbocycles. The summed E-state index contributed by atoms with van der Waals surface area (Å²) in [6, 6.07) is 3.50. The summed E-state index contributed by atoms with van der Waals surface area (Å²) < 4.78 is 42.9. The first-order valence-electron chi connectivity index (χ1n) is 9.19. The van der Waals surface area contributed by atoms with Crippen LogP contribution in [0.15, 0.2) is 21.5 Å². The first-order chi connectivity index (χ1) is 12.6. The SMILES string of the molecule is CCNC(=NCC(C)(O)c1ccc(C)o1)NCC1CCN(CC(F)(F)F)C1.I. The summed E-state index contributed by atoms with van der Waals surface area (Å²) >= 11 is 0. The number of halogens is 4. The van der Waals surface area contributed by atoms with Gasteiger partial charge in [0.25, 0.3) is 0 Å². The lowest BCUT2D eigenvalue weighted by Gasteiger charge is -2.21. The van der Waals surface area contributed by atoms with E-state index in [1.807, 2.05) is 6.92 Å². The fourth-order valence-corrected chi connectivity index (χ4v) is 3.09. The number of hydrogen-bond acceptors (Lipinski definition) is 4. The molecule has 0 bridgehead atoms. The quantitative estimate of drug-likeness (QED) is 0.294. The molecule has 1 saturated heterocycles. The van der Waals surface area contributed by atoms with Crippen molar-refractivity contribution in [2.45, 2.75) is 39.0 Å². The van der Waals surface area contributed by atoms with Crippen molar-refractivity contribution in [3.8, 4) is 0 Å². The molecule has 0 saturated carbocycles. The summed E-state index contributed by atoms with van der Waals surface area (Å²) in [5, 5.41) is 16.8. The number of aryl methyl sites for hydroxylation is 1. The molecule has 1 aromatic rings. The van der Waals surface area contributed by atoms with Gasteiger partial charge in [0.2, 0.25) is 0 Å². The number of hydrogen-bond donors (Lipinski definition) is 3. The summed E-state index contributed by atoms with van der Waals surface area (Å²) in [5.74, 6) is 1.81. The van der Waals surface area contributed by atoms with Crippen molar-refractivity contribution in [3.63, 3.8) is 0 Å². The standard InChI is InChI=1S/C18H29F3N4O2.HI/c1-4-22-16(24-11-17(3,26)15-6-5-13(2)27-15)23-9-14-7-8-25(10-14)12-18(19,20)21;/h5-6,14,26H,4,7-12H2,1-3H3,(H2,22,23,24);1H. The highest BCUT2D eigenvalue weighted by atomic mass is 127. The summed E-state index contributed by atoms with van der Waals surface area (Å²) in [4.78, 5) is 5.83. The van der Waals surface area contributed by atoms with Crippen LogP contribution in [0.4, 0.5) is 13.2 Å². The van der Waals surface area contributed by atoms with Crippen molar-refractivity contribution in [1.29, 1.82) is 0 Å². The van der Waals surface area contributed by atoms with E-state index in [2.05, 4.69) is 15.6 Å². The first kappa shape index (κ1) is 25.0. The third-order valence-corrected chi connectivity index (χ3v) is 4.49. The Bertz CT molecular complexity index is 635. The third-order valence-electron chi connectivity index (χ3n) is 4.49. The topological polar surface area (TPSA) is 73.0 Å². The van der Waals surface area contributed by atoms with E-state index >= 15 is 0 Å². The van der Waals surface area contributed by atoms with Crippen molar-refractivity contribution >= 4 is 29.9 Å². The van der Waals surface area contributed by atoms with E-state index in [-0.39, 0.29) is 36.4 Å². The molecule has 6 nitrogen and oxygen atoms in total. The smallest absolute Gasteiger partial charge is 0.401 e. The van der Waals surface area contributed by atoms with Crippen LogP contribution in [-0.4, -0.2) is 61.4 Å². The second-order valence-corrected chi connectivity index (χ2v) is 7.27. The number of aliphatic imine (C=N–C) groups is 1. The number of guanidine groups is 1. The fraction of sp³-hybridized carbons (Fsp3) is 0.722. The fourth-order valence-electron chi connectivity index (χ4n) is 3.09. The molecule has 2 unspecified atom stereocenters. The molecule has 1 aliphatic rings. The van der Waals surface area contributed by atoms with Gasteiger partial charge in [-0.05, 0) is 51.8 Å². The molecular formula is C18H30F3IN4O2. The van der Waals surface area contributed by atoms with E-state index in [1.165, 1.54) is 4.90 Å². The molecule has 1 fully saturated rings. The van der Waals surface area contributed by atoms with Crippen LogP contribution < -0.4 is 10.6 Å². The van der Waals surface area contributed by atoms with Gasteiger partial charge in [-0.2, -0.15) is 13.2 Å². The molecule has 2 atom stereocenters. The summed E-state index contributed by atoms with van der Waals surface area (Å²) in [7, 11) is 0. The normalized spacial score (nSPS) is 20.5. The lowest BCUT2D eigenvalue weighted by Crippen LogP contribution is -2.41. The minimum Gasteiger partial charge on any atom is -0.463 e. The predicted octanol–water partition coefficient (Wildman–Crippen LogP) is 2.85. The Hall–Kier alpha value is -1.01. The van der Waals surface area contributed by atoms with Gasteiger partial charge in [-0.15, -0.1) is 24.0 Å². The number of nitrogens with one attached hydrogen (secondary N) is 2. The van der Waals surface area contributed by atoms with E-state index in [4.69, 9.17) is 4.42 Å². The van der Waals surface area contributed by atoms with Gasteiger partial charge in [-0.25, -0.2) is 4.99 Å². The van der Waals surface area contributed by atoms with Crippen molar-refractivity contribution < 1.29 is 22.7 Å². The Morgan fingerprint density at radius 3 is 2.64 bits per heavy atom. The Morgan fingerprint density at radius 2 is 2.07 bits per heavy atom. The Morgan fingerprint density at radius 1 is 1.36 bits per heavy atom. The molecule has 28 heavy (non-hydrogen) atoms. The minimum atomic E-state index is -4.16. The largest absolute Gasteiger partial charge is 0.463 e. The van der Waals surface area contributed by atoms with Crippen LogP contribution in [-0.2, 0) is 5.60 Å². The number of rotatable bonds is 7. The number of furan rings is 1. The van der Waals surface area contributed by atoms with Crippen LogP contribution in [0.3, 0.4) is 0 Å². The minimum absolute atomic E-state index is 0. The summed E-state index contributed by atoms with van der Waals surface area (Å²) in [6.07, 6.45) is -3.44. The van der Waals surface area contributed by atoms with Gasteiger partial charge >= 0.3 is 6.18 Å². The average Bonchev–Trinajstić information content (AvgIpc) is 3.18. The van der Waals surface area contributed by atoms with Crippen LogP contribution in [0.5, 0.6) is 0 Å². The maximum absolute atomic E-state index is 12.5. The molecule has 2 heterocycles. The molecule has 3 N–H and O–H groups in total. The summed E-state index contributed by atoms with van der Waals surface area (Å²) in [6.45, 7) is 6.62. The third kappa shape index (κ3) is 8.16. The maximum atomic E-state index is 12.5. The van der Waals surface area contributed by atoms with Gasteiger partial charge in [0.15, 0.2) is 5.96 Å². The van der Waals surface area contributed by atoms with Crippen LogP contribution in [0.2, 0.25) is 0 Å². The lowest BCUT2D eigenvalue weighted by atomic mass is 10.0. The van der Waals surface area contributed by atoms with Crippen molar-refractivity contribution in [3.05, 3.63) is 23.7 Å². The lowest BCUT2D eigenvalue weighted by molar-refractivity contribution is -0.143. The number of nitrogens with zero attached hydrogens (tertiary/aromatic N) is 2. The predicted molar refractivity (Wildman–Crippen MR) is 113 cm³/mol. The Kier molecular flexibility index (Phi) is 9.54. The van der Waals surface area contributed by atoms with Gasteiger partial charge in [0.05, 0.1) is 13.1 Å². The highest BCUT2D eigenvalue weighted by Crippen LogP contribution is 2.24. The molecule has 0 radical (unpaired) electrons. The number of likely N-dealkylation sites (tertiary alicyclic amines) is 1. The second kappa shape index (κ2) is 10.7. The van der Waals surface area contributed by atoms with Crippen molar-refractivity contribution in [1.82, 2.24) is 15.5 Å². The molecule has 0 amide bonds. The molecule has 0 spiro atoms. The van der Waals surface area contributed by atoms with E-state index in [0.717, 1.165) is 0 Å². The second-order valence-electron chi connectivity index (χ2n) is 7.27. The molecule has 10 heteroatoms. The molecule has 0 aliphatic carbocycles. The van der Waals surface area contributed by atoms with Gasteiger partial charge in [-0.1, -0.05) is 0 Å². The zero-order valence-electron chi connectivity index (χ0n) is 16.5. The van der Waals surface area contributed by atoms with Crippen LogP contribution in [0, 0.1) is 12.8 Å². The monoisotopic (exact) mass is 518 g/mol. The molecule has 1 aliphatic heterocycles. The zero-order chi connectivity index (χ0) is 20.1. The molecule has 1 aromatic heterocycles. The Labute approximate surface area is 181 Å². The number of alkyl halides is 3. The van der Waals surface area contributed by atoms with E-state index in [9.17, 15) is 18.3 Å². The molecular weight excluding hydrogens is 488 g/mol. The van der Waals surface area contributed by atoms with Gasteiger partial charge in [0, 0.05) is 19.6 Å². The first-order valence-corrected chi connectivity index (χ1v) is 9.19. The highest BCUT2D eigenvalue weighted by molar-refractivity contribution is 14.0. The van der Waals surface area contributed by atoms with Gasteiger partial charge in [0.1, 0.15) is 17.1 Å². The van der Waals surface area contributed by atoms with Crippen LogP contribution >= 0.6 is 24.0 Å². The number of aliphatic hydroxyl groups is 1. The van der Waals surface area contributed by atoms with Gasteiger partial charge in [-0.3, -0.25) is 4.90 Å². The average molecular weight is 518 g/mol. The van der Waals surface area contributed by atoms with Crippen molar-refractivity contribution in [2.24, 2.45) is 10.9 Å². The van der Waals surface area contributed by atoms with Crippen molar-refractivity contribution in [2.75, 3.05) is 39.3 Å². The summed E-state index contributed by atoms with van der Waals surface area (Å²) in [5.41, 5.74) is -1.24. The van der Waals surface area contributed by atoms with E-state index < -0.39 is 18.3 Å². The highest BCUT2D eigenvalue weighted by Gasteiger charge is 2.34. The molecule has 162 valence electrons. The Balaban J connectivity index is 0.00000392. The van der Waals surface area contributed by atoms with Crippen LogP contribution in [0.25, 0.3) is 0 Å². The van der Waals surface area contributed by atoms with E-state index in [0.29, 0.717) is 50.1 Å². The maximum Gasteiger partial charge on any atom is 0.401 e. The van der Waals surface area contributed by atoms with Crippen LogP contribution in [0.1, 0.15) is 31.8 Å².